The number of phenols is 1. The normalized spacial score (nSPS) is 30.0. The fourth-order valence-corrected chi connectivity index (χ4v) is 7.85. The molecule has 6 atom stereocenters. The van der Waals surface area contributed by atoms with E-state index in [0.717, 1.165) is 0 Å². The van der Waals surface area contributed by atoms with Gasteiger partial charge in [0.25, 0.3) is 0 Å². The molecule has 8 rings (SSSR count). The van der Waals surface area contributed by atoms with Crippen LogP contribution in [0, 0.1) is 31.0 Å². The van der Waals surface area contributed by atoms with Gasteiger partial charge in [0, 0.05) is 47.6 Å². The van der Waals surface area contributed by atoms with Crippen molar-refractivity contribution in [3.8, 4) is 35.4 Å². The van der Waals surface area contributed by atoms with Crippen LogP contribution in [-0.2, 0) is 4.74 Å². The van der Waals surface area contributed by atoms with E-state index in [9.17, 15) is 12.2 Å². The van der Waals surface area contributed by atoms with E-state index >= 15 is 8.78 Å². The Kier molecular flexibility index (Phi) is 6.29. The van der Waals surface area contributed by atoms with Gasteiger partial charge in [-0.15, -0.1) is 6.42 Å². The number of benzene rings is 2. The summed E-state index contributed by atoms with van der Waals surface area (Å²) < 4.78 is 75.2. The number of aryl methyl sites for hydroxylation is 1. The summed E-state index contributed by atoms with van der Waals surface area (Å²) in [6.07, 6.45) is 6.01. The second kappa shape index (κ2) is 10.7. The highest BCUT2D eigenvalue weighted by Gasteiger charge is 2.57. The van der Waals surface area contributed by atoms with Crippen LogP contribution in [0.2, 0.25) is 0 Å². The smallest absolute Gasteiger partial charge is 0.319 e. The van der Waals surface area contributed by atoms with Gasteiger partial charge in [0.05, 0.1) is 49.7 Å². The van der Waals surface area contributed by atoms with Gasteiger partial charge in [0.15, 0.2) is 0 Å². The van der Waals surface area contributed by atoms with Crippen LogP contribution in [0.5, 0.6) is 11.8 Å². The molecule has 46 heavy (non-hydrogen) atoms. The Bertz CT molecular complexity index is 2030. The largest absolute Gasteiger partial charge is 0.508 e. The summed E-state index contributed by atoms with van der Waals surface area (Å²) in [5.41, 5.74) is 0.364. The standard InChI is InChI=1S/C35H34F3N5O3/c1-4-22-26(36)7-6-20-12-21(44)13-23(28(20)22)30-18(2)31-24(15-39-30)33(42-10-11-45-16-25-29(38)32(25)42)41-34(40-31)46-17-35-8-5-9-43(35)19(3)27(37)14-35/h1,6-7,12-13,15,19,25,27,29,32,44H,5,8-11,14,16-17H2,2-3H3/t19-,25+,27-,29+,32+,35+/m1/s1/i17D2. The molecule has 3 aliphatic heterocycles. The predicted octanol–water partition coefficient (Wildman–Crippen LogP) is 5.50. The molecule has 0 unspecified atom stereocenters. The zero-order valence-electron chi connectivity index (χ0n) is 27.4. The van der Waals surface area contributed by atoms with E-state index in [0.29, 0.717) is 76.9 Å². The van der Waals surface area contributed by atoms with Crippen molar-refractivity contribution in [1.29, 1.82) is 0 Å². The minimum absolute atomic E-state index is 0.0139. The lowest BCUT2D eigenvalue weighted by Gasteiger charge is -2.33. The van der Waals surface area contributed by atoms with Crippen LogP contribution >= 0.6 is 0 Å². The van der Waals surface area contributed by atoms with Crippen molar-refractivity contribution in [2.24, 2.45) is 5.92 Å². The summed E-state index contributed by atoms with van der Waals surface area (Å²) in [5.74, 6) is 1.72. The first-order chi connectivity index (χ1) is 23.0. The molecule has 4 aromatic rings. The van der Waals surface area contributed by atoms with E-state index in [4.69, 9.17) is 30.8 Å². The molecule has 1 saturated carbocycles. The number of hydrogen-bond acceptors (Lipinski definition) is 8. The molecule has 0 radical (unpaired) electrons. The fourth-order valence-electron chi connectivity index (χ4n) is 7.85. The molecule has 3 saturated heterocycles. The Balaban J connectivity index is 1.32. The van der Waals surface area contributed by atoms with Gasteiger partial charge < -0.3 is 19.5 Å². The molecule has 0 bridgehead atoms. The fraction of sp³-hybridized carbons (Fsp3) is 0.457. The molecular formula is C35H34F3N5O3. The average Bonchev–Trinajstić information content (AvgIpc) is 3.45. The molecule has 0 spiro atoms. The van der Waals surface area contributed by atoms with Crippen molar-refractivity contribution >= 4 is 27.5 Å². The number of aromatic hydroxyl groups is 1. The molecule has 238 valence electrons. The number of rotatable bonds is 5. The lowest BCUT2D eigenvalue weighted by Crippen LogP contribution is -2.46. The number of alkyl halides is 2. The Morgan fingerprint density at radius 3 is 2.93 bits per heavy atom. The maximum Gasteiger partial charge on any atom is 0.319 e. The van der Waals surface area contributed by atoms with Crippen LogP contribution in [0.25, 0.3) is 32.9 Å². The summed E-state index contributed by atoms with van der Waals surface area (Å²) in [4.78, 5) is 17.8. The number of nitrogens with zero attached hydrogens (tertiary/aromatic N) is 5. The third kappa shape index (κ3) is 4.41. The van der Waals surface area contributed by atoms with Gasteiger partial charge in [-0.1, -0.05) is 12.0 Å². The van der Waals surface area contributed by atoms with E-state index in [-0.39, 0.29) is 36.3 Å². The number of aromatic nitrogens is 3. The van der Waals surface area contributed by atoms with Crippen molar-refractivity contribution < 1.29 is 30.5 Å². The Hall–Kier alpha value is -4.14. The zero-order valence-corrected chi connectivity index (χ0v) is 25.4. The molecule has 1 N–H and O–H groups in total. The number of anilines is 1. The van der Waals surface area contributed by atoms with Gasteiger partial charge in [0.1, 0.15) is 36.3 Å². The minimum Gasteiger partial charge on any atom is -0.508 e. The SMILES string of the molecule is [2H]C([2H])(Oc1nc(N2CCOC[C@H]3[C@H](F)[C@H]32)c2cnc(-c3cc(O)cc4ccc(F)c(C#C)c34)c(C)c2n1)[C@@]12CCCN1[C@H](C)[C@H](F)C2. The number of fused-ring (bicyclic) bond motifs is 4. The van der Waals surface area contributed by atoms with Crippen molar-refractivity contribution in [1.82, 2.24) is 19.9 Å². The van der Waals surface area contributed by atoms with Crippen LogP contribution in [-0.4, -0.2) is 87.8 Å². The van der Waals surface area contributed by atoms with Crippen LogP contribution in [0.1, 0.15) is 40.1 Å². The second-order valence-corrected chi connectivity index (χ2v) is 12.8. The van der Waals surface area contributed by atoms with E-state index in [2.05, 4.69) is 5.92 Å². The number of phenolic OH excluding ortho intramolecular Hbond substituents is 1. The Morgan fingerprint density at radius 2 is 2.11 bits per heavy atom. The molecule has 2 aromatic carbocycles. The molecule has 4 aliphatic rings. The highest BCUT2D eigenvalue weighted by molar-refractivity contribution is 6.04. The summed E-state index contributed by atoms with van der Waals surface area (Å²) >= 11 is 0. The Labute approximate surface area is 267 Å². The maximum atomic E-state index is 15.1. The number of hydrogen-bond donors (Lipinski definition) is 1. The van der Waals surface area contributed by atoms with Crippen molar-refractivity contribution in [2.75, 3.05) is 37.8 Å². The van der Waals surface area contributed by atoms with Gasteiger partial charge in [-0.3, -0.25) is 9.88 Å². The molecule has 2 aromatic heterocycles. The van der Waals surface area contributed by atoms with Gasteiger partial charge in [-0.05, 0) is 56.8 Å². The number of halogens is 3. The summed E-state index contributed by atoms with van der Waals surface area (Å²) in [5, 5.41) is 12.0. The van der Waals surface area contributed by atoms with E-state index in [1.165, 1.54) is 30.5 Å². The molecule has 0 amide bonds. The van der Waals surface area contributed by atoms with Crippen molar-refractivity contribution in [2.45, 2.75) is 63.1 Å². The van der Waals surface area contributed by atoms with Gasteiger partial charge in [-0.25, -0.2) is 13.2 Å². The highest BCUT2D eigenvalue weighted by atomic mass is 19.1. The molecule has 5 heterocycles. The third-order valence-corrected chi connectivity index (χ3v) is 10.3. The lowest BCUT2D eigenvalue weighted by atomic mass is 9.94. The molecular weight excluding hydrogens is 595 g/mol. The monoisotopic (exact) mass is 631 g/mol. The first-order valence-corrected chi connectivity index (χ1v) is 15.6. The Morgan fingerprint density at radius 1 is 1.26 bits per heavy atom. The van der Waals surface area contributed by atoms with Crippen LogP contribution in [0.15, 0.2) is 30.5 Å². The van der Waals surface area contributed by atoms with Gasteiger partial charge in [-0.2, -0.15) is 9.97 Å². The average molecular weight is 632 g/mol. The quantitative estimate of drug-likeness (QED) is 0.290. The van der Waals surface area contributed by atoms with E-state index < -0.39 is 42.3 Å². The molecule has 11 heteroatoms. The predicted molar refractivity (Wildman–Crippen MR) is 168 cm³/mol. The lowest BCUT2D eigenvalue weighted by molar-refractivity contribution is 0.0879. The topological polar surface area (TPSA) is 83.8 Å². The number of terminal acetylenes is 1. The molecule has 1 aliphatic carbocycles. The van der Waals surface area contributed by atoms with Gasteiger partial charge >= 0.3 is 6.01 Å². The maximum absolute atomic E-state index is 15.1. The third-order valence-electron chi connectivity index (χ3n) is 10.3. The summed E-state index contributed by atoms with van der Waals surface area (Å²) in [6, 6.07) is 4.47. The summed E-state index contributed by atoms with van der Waals surface area (Å²) in [6.45, 7) is 2.61. The van der Waals surface area contributed by atoms with Crippen molar-refractivity contribution in [3.63, 3.8) is 0 Å². The first kappa shape index (κ1) is 27.0. The first-order valence-electron chi connectivity index (χ1n) is 16.6. The number of ether oxygens (including phenoxy) is 2. The van der Waals surface area contributed by atoms with E-state index in [1.807, 2.05) is 4.90 Å². The van der Waals surface area contributed by atoms with Crippen LogP contribution in [0.3, 0.4) is 0 Å². The molecule has 4 fully saturated rings. The van der Waals surface area contributed by atoms with Gasteiger partial charge in [0.2, 0.25) is 0 Å². The number of pyridine rings is 1. The highest BCUT2D eigenvalue weighted by Crippen LogP contribution is 2.47. The van der Waals surface area contributed by atoms with Crippen LogP contribution in [0.4, 0.5) is 19.0 Å². The summed E-state index contributed by atoms with van der Waals surface area (Å²) in [7, 11) is 0. The second-order valence-electron chi connectivity index (χ2n) is 12.8. The van der Waals surface area contributed by atoms with Crippen LogP contribution < -0.4 is 9.64 Å². The van der Waals surface area contributed by atoms with Crippen molar-refractivity contribution in [3.05, 3.63) is 47.4 Å². The van der Waals surface area contributed by atoms with E-state index in [1.54, 1.807) is 18.7 Å². The molecule has 8 nitrogen and oxygen atoms in total. The minimum atomic E-state index is -2.37. The zero-order chi connectivity index (χ0) is 33.7.